The van der Waals surface area contributed by atoms with Gasteiger partial charge in [-0.3, -0.25) is 0 Å². The zero-order valence-corrected chi connectivity index (χ0v) is 10.8. The number of hydrogen-bond donors (Lipinski definition) is 0. The Bertz CT molecular complexity index is 524. The highest BCUT2D eigenvalue weighted by molar-refractivity contribution is 9.11. The van der Waals surface area contributed by atoms with Gasteiger partial charge in [0.2, 0.25) is 0 Å². The number of ether oxygens (including phenoxy) is 1. The van der Waals surface area contributed by atoms with Crippen LogP contribution in [-0.2, 0) is 4.74 Å². The normalized spacial score (nSPS) is 10.1. The lowest BCUT2D eigenvalue weighted by Gasteiger charge is -2.00. The molecule has 0 saturated heterocycles. The smallest absolute Gasteiger partial charge is 0.337 e. The van der Waals surface area contributed by atoms with Crippen molar-refractivity contribution in [1.82, 2.24) is 4.98 Å². The molecule has 1 aromatic heterocycles. The minimum Gasteiger partial charge on any atom is -0.465 e. The second-order valence-electron chi connectivity index (χ2n) is 3.04. The number of thiazole rings is 1. The Morgan fingerprint density at radius 1 is 1.50 bits per heavy atom. The van der Waals surface area contributed by atoms with Gasteiger partial charge < -0.3 is 4.74 Å². The fourth-order valence-corrected chi connectivity index (χ4v) is 2.49. The summed E-state index contributed by atoms with van der Waals surface area (Å²) in [6.07, 6.45) is 1.74. The van der Waals surface area contributed by atoms with Crippen LogP contribution in [0.5, 0.6) is 0 Å². The van der Waals surface area contributed by atoms with Crippen LogP contribution in [0.1, 0.15) is 10.4 Å². The predicted octanol–water partition coefficient (Wildman–Crippen LogP) is 3.36. The molecule has 0 amide bonds. The minimum atomic E-state index is -0.336. The van der Waals surface area contributed by atoms with Crippen molar-refractivity contribution in [2.24, 2.45) is 0 Å². The van der Waals surface area contributed by atoms with Crippen LogP contribution in [-0.4, -0.2) is 18.1 Å². The standard InChI is InChI=1S/C11H8BrNO2S/c1-15-11(14)8-4-2-3-7(5-8)10-13-6-9(12)16-10/h2-6H,1H3. The zero-order chi connectivity index (χ0) is 11.5. The number of esters is 1. The lowest BCUT2D eigenvalue weighted by molar-refractivity contribution is 0.0601. The van der Waals surface area contributed by atoms with Gasteiger partial charge in [-0.25, -0.2) is 9.78 Å². The molecule has 2 rings (SSSR count). The molecule has 0 atom stereocenters. The molecule has 0 radical (unpaired) electrons. The van der Waals surface area contributed by atoms with Gasteiger partial charge in [0.1, 0.15) is 5.01 Å². The van der Waals surface area contributed by atoms with Crippen molar-refractivity contribution >= 4 is 33.2 Å². The molecule has 0 unspecified atom stereocenters. The molecule has 16 heavy (non-hydrogen) atoms. The highest BCUT2D eigenvalue weighted by atomic mass is 79.9. The maximum absolute atomic E-state index is 11.4. The first-order valence-corrected chi connectivity index (χ1v) is 6.12. The first-order chi connectivity index (χ1) is 7.70. The van der Waals surface area contributed by atoms with Gasteiger partial charge in [-0.05, 0) is 28.1 Å². The quantitative estimate of drug-likeness (QED) is 0.798. The maximum Gasteiger partial charge on any atom is 0.337 e. The van der Waals surface area contributed by atoms with Crippen LogP contribution < -0.4 is 0 Å². The van der Waals surface area contributed by atoms with E-state index in [4.69, 9.17) is 0 Å². The number of hydrogen-bond acceptors (Lipinski definition) is 4. The molecular formula is C11H8BrNO2S. The monoisotopic (exact) mass is 297 g/mol. The van der Waals surface area contributed by atoms with E-state index in [-0.39, 0.29) is 5.97 Å². The summed E-state index contributed by atoms with van der Waals surface area (Å²) in [5.41, 5.74) is 1.45. The predicted molar refractivity (Wildman–Crippen MR) is 66.6 cm³/mol. The largest absolute Gasteiger partial charge is 0.465 e. The number of benzene rings is 1. The average molecular weight is 298 g/mol. The minimum absolute atomic E-state index is 0.336. The highest BCUT2D eigenvalue weighted by Gasteiger charge is 2.08. The van der Waals surface area contributed by atoms with Crippen LogP contribution in [0, 0.1) is 0 Å². The lowest BCUT2D eigenvalue weighted by Crippen LogP contribution is -2.00. The first kappa shape index (κ1) is 11.3. The van der Waals surface area contributed by atoms with Crippen molar-refractivity contribution in [3.05, 3.63) is 39.8 Å². The van der Waals surface area contributed by atoms with Gasteiger partial charge in [0.15, 0.2) is 0 Å². The van der Waals surface area contributed by atoms with Crippen LogP contribution in [0.25, 0.3) is 10.6 Å². The van der Waals surface area contributed by atoms with E-state index in [1.807, 2.05) is 12.1 Å². The fourth-order valence-electron chi connectivity index (χ4n) is 1.28. The molecule has 1 heterocycles. The van der Waals surface area contributed by atoms with E-state index in [0.717, 1.165) is 14.4 Å². The van der Waals surface area contributed by atoms with Crippen LogP contribution in [0.3, 0.4) is 0 Å². The van der Waals surface area contributed by atoms with Gasteiger partial charge in [0.25, 0.3) is 0 Å². The van der Waals surface area contributed by atoms with E-state index in [1.54, 1.807) is 18.3 Å². The summed E-state index contributed by atoms with van der Waals surface area (Å²) in [5.74, 6) is -0.336. The molecule has 0 N–H and O–H groups in total. The molecule has 0 aliphatic heterocycles. The van der Waals surface area contributed by atoms with Crippen molar-refractivity contribution in [1.29, 1.82) is 0 Å². The molecule has 0 aliphatic carbocycles. The van der Waals surface area contributed by atoms with Crippen molar-refractivity contribution in [3.8, 4) is 10.6 Å². The summed E-state index contributed by atoms with van der Waals surface area (Å²) in [7, 11) is 1.37. The SMILES string of the molecule is COC(=O)c1cccc(-c2ncc(Br)s2)c1. The summed E-state index contributed by atoms with van der Waals surface area (Å²) in [6.45, 7) is 0. The number of rotatable bonds is 2. The molecule has 1 aromatic carbocycles. The highest BCUT2D eigenvalue weighted by Crippen LogP contribution is 2.28. The number of carbonyl (C=O) groups is 1. The second kappa shape index (κ2) is 4.76. The number of nitrogens with zero attached hydrogens (tertiary/aromatic N) is 1. The molecule has 5 heteroatoms. The summed E-state index contributed by atoms with van der Waals surface area (Å²) in [5, 5.41) is 0.873. The van der Waals surface area contributed by atoms with E-state index in [9.17, 15) is 4.79 Å². The van der Waals surface area contributed by atoms with E-state index >= 15 is 0 Å². The molecule has 0 fully saturated rings. The Labute approximate surface area is 105 Å². The summed E-state index contributed by atoms with van der Waals surface area (Å²) in [6, 6.07) is 7.23. The number of halogens is 1. The van der Waals surface area contributed by atoms with Gasteiger partial charge in [0.05, 0.1) is 22.7 Å². The van der Waals surface area contributed by atoms with E-state index in [0.29, 0.717) is 5.56 Å². The third kappa shape index (κ3) is 2.31. The van der Waals surface area contributed by atoms with Crippen molar-refractivity contribution < 1.29 is 9.53 Å². The molecule has 0 bridgehead atoms. The summed E-state index contributed by atoms with van der Waals surface area (Å²) >= 11 is 4.88. The van der Waals surface area contributed by atoms with Crippen LogP contribution in [0.4, 0.5) is 0 Å². The van der Waals surface area contributed by atoms with Crippen LogP contribution in [0.2, 0.25) is 0 Å². The fraction of sp³-hybridized carbons (Fsp3) is 0.0909. The van der Waals surface area contributed by atoms with Gasteiger partial charge in [-0.15, -0.1) is 11.3 Å². The second-order valence-corrected chi connectivity index (χ2v) is 5.45. The third-order valence-electron chi connectivity index (χ3n) is 2.01. The Hall–Kier alpha value is -1.20. The molecule has 3 nitrogen and oxygen atoms in total. The Kier molecular flexibility index (Phi) is 3.36. The molecule has 82 valence electrons. The van der Waals surface area contributed by atoms with E-state index in [2.05, 4.69) is 25.7 Å². The summed E-state index contributed by atoms with van der Waals surface area (Å²) < 4.78 is 5.63. The molecular weight excluding hydrogens is 290 g/mol. The Balaban J connectivity index is 2.39. The number of aromatic nitrogens is 1. The Morgan fingerprint density at radius 3 is 2.94 bits per heavy atom. The van der Waals surface area contributed by atoms with E-state index < -0.39 is 0 Å². The molecule has 0 spiro atoms. The molecule has 0 saturated carbocycles. The topological polar surface area (TPSA) is 39.2 Å². The van der Waals surface area contributed by atoms with Gasteiger partial charge in [-0.1, -0.05) is 12.1 Å². The van der Waals surface area contributed by atoms with Crippen LogP contribution in [0.15, 0.2) is 34.2 Å². The number of carbonyl (C=O) groups excluding carboxylic acids is 1. The molecule has 2 aromatic rings. The lowest BCUT2D eigenvalue weighted by atomic mass is 10.1. The van der Waals surface area contributed by atoms with E-state index in [1.165, 1.54) is 18.4 Å². The molecule has 0 aliphatic rings. The van der Waals surface area contributed by atoms with Gasteiger partial charge in [0, 0.05) is 5.56 Å². The zero-order valence-electron chi connectivity index (χ0n) is 8.44. The van der Waals surface area contributed by atoms with Crippen LogP contribution >= 0.6 is 27.3 Å². The van der Waals surface area contributed by atoms with Gasteiger partial charge >= 0.3 is 5.97 Å². The maximum atomic E-state index is 11.4. The van der Waals surface area contributed by atoms with Crippen molar-refractivity contribution in [2.75, 3.05) is 7.11 Å². The Morgan fingerprint density at radius 2 is 2.31 bits per heavy atom. The number of methoxy groups -OCH3 is 1. The van der Waals surface area contributed by atoms with Crippen molar-refractivity contribution in [3.63, 3.8) is 0 Å². The summed E-state index contributed by atoms with van der Waals surface area (Å²) in [4.78, 5) is 15.6. The van der Waals surface area contributed by atoms with Crippen molar-refractivity contribution in [2.45, 2.75) is 0 Å². The average Bonchev–Trinajstić information content (AvgIpc) is 2.75. The first-order valence-electron chi connectivity index (χ1n) is 4.51. The third-order valence-corrected chi connectivity index (χ3v) is 3.53. The van der Waals surface area contributed by atoms with Gasteiger partial charge in [-0.2, -0.15) is 0 Å².